The number of aromatic nitrogens is 3. The van der Waals surface area contributed by atoms with Gasteiger partial charge in [-0.25, -0.2) is 23.4 Å². The van der Waals surface area contributed by atoms with Crippen LogP contribution in [0.15, 0.2) is 42.7 Å². The first-order valence-electron chi connectivity index (χ1n) is 10.5. The van der Waals surface area contributed by atoms with Crippen molar-refractivity contribution >= 4 is 45.0 Å². The molecule has 34 heavy (non-hydrogen) atoms. The largest absolute Gasteiger partial charge is 0.345 e. The van der Waals surface area contributed by atoms with Crippen molar-refractivity contribution in [3.05, 3.63) is 70.1 Å². The number of hydrogen-bond donors (Lipinski definition) is 1. The quantitative estimate of drug-likeness (QED) is 0.502. The third kappa shape index (κ3) is 6.00. The van der Waals surface area contributed by atoms with Gasteiger partial charge in [-0.2, -0.15) is 0 Å². The highest BCUT2D eigenvalue weighted by Gasteiger charge is 2.18. The average Bonchev–Trinajstić information content (AvgIpc) is 2.79. The van der Waals surface area contributed by atoms with Crippen molar-refractivity contribution in [3.8, 4) is 0 Å². The molecule has 1 amide bonds. The van der Waals surface area contributed by atoms with Crippen LogP contribution in [-0.4, -0.2) is 61.6 Å². The van der Waals surface area contributed by atoms with Gasteiger partial charge in [0, 0.05) is 38.6 Å². The number of carbonyl (C=O) groups excluding carboxylic acids is 1. The van der Waals surface area contributed by atoms with Crippen molar-refractivity contribution in [2.75, 3.05) is 37.0 Å². The minimum atomic E-state index is -3.45. The molecular weight excluding hydrogens is 476 g/mol. The summed E-state index contributed by atoms with van der Waals surface area (Å²) in [5.41, 5.74) is 3.55. The highest BCUT2D eigenvalue weighted by Crippen LogP contribution is 2.24. The molecule has 0 radical (unpaired) electrons. The lowest BCUT2D eigenvalue weighted by Gasteiger charge is -2.18. The molecule has 3 aromatic rings. The monoisotopic (exact) mass is 502 g/mol. The topological polar surface area (TPSA) is 108 Å². The highest BCUT2D eigenvalue weighted by molar-refractivity contribution is 7.92. The van der Waals surface area contributed by atoms with Gasteiger partial charge < -0.3 is 10.2 Å². The number of halogens is 1. The Kier molecular flexibility index (Phi) is 7.73. The van der Waals surface area contributed by atoms with E-state index in [-0.39, 0.29) is 5.91 Å². The smallest absolute Gasteiger partial charge is 0.253 e. The molecule has 0 bridgehead atoms. The number of aryl methyl sites for hydroxylation is 3. The van der Waals surface area contributed by atoms with E-state index >= 15 is 0 Å². The van der Waals surface area contributed by atoms with Gasteiger partial charge in [0.1, 0.15) is 5.82 Å². The number of nitrogens with one attached hydrogen (secondary N) is 1. The summed E-state index contributed by atoms with van der Waals surface area (Å²) < 4.78 is 25.1. The third-order valence-corrected chi connectivity index (χ3v) is 6.73. The van der Waals surface area contributed by atoms with Crippen LogP contribution in [0.25, 0.3) is 0 Å². The van der Waals surface area contributed by atoms with Crippen LogP contribution in [0.3, 0.4) is 0 Å². The first kappa shape index (κ1) is 25.4. The van der Waals surface area contributed by atoms with Gasteiger partial charge in [-0.15, -0.1) is 0 Å². The van der Waals surface area contributed by atoms with Crippen LogP contribution in [-0.2, 0) is 22.9 Å². The standard InChI is InChI=1S/C23H27ClN6O3S/c1-15-8-9-17(22(31)29(2)3)13-20(15)28-23-26-14-18(24)19(27-23)11-10-16-7-6-12-25-21(16)30(4)34(5,32)33/h6-9,12-14H,10-11H2,1-5H3,(H,26,27,28). The molecule has 2 heterocycles. The second-order valence-electron chi connectivity index (χ2n) is 8.06. The Morgan fingerprint density at radius 3 is 2.53 bits per heavy atom. The van der Waals surface area contributed by atoms with Gasteiger partial charge >= 0.3 is 0 Å². The Morgan fingerprint density at radius 2 is 1.85 bits per heavy atom. The first-order valence-corrected chi connectivity index (χ1v) is 12.7. The van der Waals surface area contributed by atoms with Gasteiger partial charge in [0.05, 0.1) is 23.2 Å². The molecule has 3 rings (SSSR count). The van der Waals surface area contributed by atoms with E-state index in [9.17, 15) is 13.2 Å². The van der Waals surface area contributed by atoms with Crippen molar-refractivity contribution < 1.29 is 13.2 Å². The summed E-state index contributed by atoms with van der Waals surface area (Å²) in [4.78, 5) is 26.9. The summed E-state index contributed by atoms with van der Waals surface area (Å²) in [5, 5.41) is 3.57. The number of benzene rings is 1. The second kappa shape index (κ2) is 10.4. The Hall–Kier alpha value is -3.24. The summed E-state index contributed by atoms with van der Waals surface area (Å²) >= 11 is 6.35. The molecule has 9 nitrogen and oxygen atoms in total. The lowest BCUT2D eigenvalue weighted by Crippen LogP contribution is -2.27. The van der Waals surface area contributed by atoms with E-state index in [0.717, 1.165) is 21.7 Å². The van der Waals surface area contributed by atoms with E-state index in [1.807, 2.05) is 19.1 Å². The first-order chi connectivity index (χ1) is 16.0. The number of carbonyl (C=O) groups is 1. The van der Waals surface area contributed by atoms with E-state index in [1.165, 1.54) is 18.1 Å². The maximum absolute atomic E-state index is 12.3. The zero-order valence-electron chi connectivity index (χ0n) is 19.7. The molecule has 0 saturated carbocycles. The number of rotatable bonds is 8. The lowest BCUT2D eigenvalue weighted by atomic mass is 10.1. The summed E-state index contributed by atoms with van der Waals surface area (Å²) in [6.07, 6.45) is 5.13. The molecule has 0 fully saturated rings. The lowest BCUT2D eigenvalue weighted by molar-refractivity contribution is 0.0827. The Bertz CT molecular complexity index is 1310. The molecule has 1 aromatic carbocycles. The molecule has 0 spiro atoms. The molecule has 1 N–H and O–H groups in total. The molecule has 0 saturated heterocycles. The van der Waals surface area contributed by atoms with Gasteiger partial charge in [0.15, 0.2) is 0 Å². The number of sulfonamides is 1. The van der Waals surface area contributed by atoms with E-state index in [4.69, 9.17) is 11.6 Å². The van der Waals surface area contributed by atoms with Crippen LogP contribution in [0.5, 0.6) is 0 Å². The summed E-state index contributed by atoms with van der Waals surface area (Å²) in [5.74, 6) is 0.607. The van der Waals surface area contributed by atoms with Crippen LogP contribution in [0, 0.1) is 6.92 Å². The number of amides is 1. The van der Waals surface area contributed by atoms with Gasteiger partial charge in [0.25, 0.3) is 5.91 Å². The van der Waals surface area contributed by atoms with E-state index in [0.29, 0.717) is 46.6 Å². The predicted octanol–water partition coefficient (Wildman–Crippen LogP) is 3.46. The fourth-order valence-corrected chi connectivity index (χ4v) is 3.89. The van der Waals surface area contributed by atoms with Crippen molar-refractivity contribution in [1.82, 2.24) is 19.9 Å². The van der Waals surface area contributed by atoms with E-state index in [2.05, 4.69) is 20.3 Å². The van der Waals surface area contributed by atoms with Crippen LogP contribution in [0.4, 0.5) is 17.5 Å². The second-order valence-corrected chi connectivity index (χ2v) is 10.5. The van der Waals surface area contributed by atoms with Crippen molar-refractivity contribution in [2.45, 2.75) is 19.8 Å². The van der Waals surface area contributed by atoms with Gasteiger partial charge in [0.2, 0.25) is 16.0 Å². The predicted molar refractivity (Wildman–Crippen MR) is 134 cm³/mol. The van der Waals surface area contributed by atoms with Gasteiger partial charge in [-0.1, -0.05) is 23.7 Å². The van der Waals surface area contributed by atoms with E-state index < -0.39 is 10.0 Å². The summed E-state index contributed by atoms with van der Waals surface area (Å²) in [7, 11) is 1.42. The molecule has 180 valence electrons. The van der Waals surface area contributed by atoms with Crippen LogP contribution in [0.2, 0.25) is 5.02 Å². The molecular formula is C23H27ClN6O3S. The van der Waals surface area contributed by atoms with Crippen molar-refractivity contribution in [1.29, 1.82) is 0 Å². The Labute approximate surface area is 204 Å². The fraction of sp³-hybridized carbons (Fsp3) is 0.304. The van der Waals surface area contributed by atoms with Crippen LogP contribution in [0.1, 0.15) is 27.2 Å². The summed E-state index contributed by atoms with van der Waals surface area (Å²) in [6.45, 7) is 1.92. The number of anilines is 3. The molecule has 0 aliphatic carbocycles. The third-order valence-electron chi connectivity index (χ3n) is 5.25. The average molecular weight is 503 g/mol. The number of nitrogens with zero attached hydrogens (tertiary/aromatic N) is 5. The molecule has 0 aliphatic rings. The minimum Gasteiger partial charge on any atom is -0.345 e. The van der Waals surface area contributed by atoms with Gasteiger partial charge in [-0.05, 0) is 49.1 Å². The highest BCUT2D eigenvalue weighted by atomic mass is 35.5. The Balaban J connectivity index is 1.83. The number of pyridine rings is 1. The summed E-state index contributed by atoms with van der Waals surface area (Å²) in [6, 6.07) is 8.98. The molecule has 2 aromatic heterocycles. The van der Waals surface area contributed by atoms with Crippen LogP contribution >= 0.6 is 11.6 Å². The van der Waals surface area contributed by atoms with Crippen molar-refractivity contribution in [3.63, 3.8) is 0 Å². The van der Waals surface area contributed by atoms with Gasteiger partial charge in [-0.3, -0.25) is 9.10 Å². The SMILES string of the molecule is Cc1ccc(C(=O)N(C)C)cc1Nc1ncc(Cl)c(CCc2cccnc2N(C)S(C)(=O)=O)n1. The zero-order chi connectivity index (χ0) is 25.0. The van der Waals surface area contributed by atoms with Crippen LogP contribution < -0.4 is 9.62 Å². The molecule has 0 atom stereocenters. The molecule has 11 heteroatoms. The maximum atomic E-state index is 12.3. The maximum Gasteiger partial charge on any atom is 0.253 e. The Morgan fingerprint density at radius 1 is 1.12 bits per heavy atom. The zero-order valence-corrected chi connectivity index (χ0v) is 21.3. The number of hydrogen-bond acceptors (Lipinski definition) is 7. The molecule has 0 aliphatic heterocycles. The minimum absolute atomic E-state index is 0.105. The van der Waals surface area contributed by atoms with E-state index in [1.54, 1.807) is 38.5 Å². The normalized spacial score (nSPS) is 11.2. The fourth-order valence-electron chi connectivity index (χ4n) is 3.23. The molecule has 0 unspecified atom stereocenters. The van der Waals surface area contributed by atoms with Crippen molar-refractivity contribution in [2.24, 2.45) is 0 Å².